The number of carbonyl (C=O) groups is 2. The predicted octanol–water partition coefficient (Wildman–Crippen LogP) is 1.24. The van der Waals surface area contributed by atoms with Gasteiger partial charge in [0, 0.05) is 26.2 Å². The molecule has 0 aromatic heterocycles. The molecule has 9 nitrogen and oxygen atoms in total. The summed E-state index contributed by atoms with van der Waals surface area (Å²) < 4.78 is 38.2. The third-order valence-corrected chi connectivity index (χ3v) is 7.06. The SMILES string of the molecule is Cc1cccc(OCC(=O)N2CCN(S(=O)(=O)c3ccc4c(c3)NC(=O)CO4)CC2)c1. The van der Waals surface area contributed by atoms with Gasteiger partial charge in [-0.15, -0.1) is 0 Å². The quantitative estimate of drug-likeness (QED) is 0.742. The largest absolute Gasteiger partial charge is 0.484 e. The number of hydrogen-bond donors (Lipinski definition) is 1. The Bertz CT molecular complexity index is 1110. The lowest BCUT2D eigenvalue weighted by Gasteiger charge is -2.34. The van der Waals surface area contributed by atoms with Crippen LogP contribution in [0.1, 0.15) is 5.56 Å². The number of aryl methyl sites for hydroxylation is 1. The van der Waals surface area contributed by atoms with Gasteiger partial charge in [-0.05, 0) is 42.8 Å². The first-order chi connectivity index (χ1) is 14.8. The lowest BCUT2D eigenvalue weighted by atomic mass is 10.2. The van der Waals surface area contributed by atoms with Crippen LogP contribution in [-0.2, 0) is 19.6 Å². The third-order valence-electron chi connectivity index (χ3n) is 5.16. The molecule has 2 aliphatic rings. The van der Waals surface area contributed by atoms with Crippen LogP contribution in [0.5, 0.6) is 11.5 Å². The highest BCUT2D eigenvalue weighted by Crippen LogP contribution is 2.31. The summed E-state index contributed by atoms with van der Waals surface area (Å²) in [5, 5.41) is 2.61. The maximum Gasteiger partial charge on any atom is 0.262 e. The summed E-state index contributed by atoms with van der Waals surface area (Å²) in [6, 6.07) is 11.8. The molecular formula is C21H23N3O6S. The Morgan fingerprint density at radius 3 is 2.65 bits per heavy atom. The minimum absolute atomic E-state index is 0.0691. The summed E-state index contributed by atoms with van der Waals surface area (Å²) in [5.74, 6) is 0.537. The highest BCUT2D eigenvalue weighted by atomic mass is 32.2. The maximum atomic E-state index is 13.0. The van der Waals surface area contributed by atoms with Crippen molar-refractivity contribution in [1.29, 1.82) is 0 Å². The number of anilines is 1. The first-order valence-corrected chi connectivity index (χ1v) is 11.3. The molecule has 2 amide bonds. The van der Waals surface area contributed by atoms with Crippen molar-refractivity contribution < 1.29 is 27.5 Å². The van der Waals surface area contributed by atoms with E-state index in [2.05, 4.69) is 5.32 Å². The van der Waals surface area contributed by atoms with Crippen LogP contribution in [0.15, 0.2) is 47.4 Å². The Morgan fingerprint density at radius 2 is 1.90 bits per heavy atom. The number of fused-ring (bicyclic) bond motifs is 1. The van der Waals surface area contributed by atoms with Crippen LogP contribution in [0.4, 0.5) is 5.69 Å². The molecular weight excluding hydrogens is 422 g/mol. The van der Waals surface area contributed by atoms with Gasteiger partial charge in [0.05, 0.1) is 10.6 Å². The fourth-order valence-corrected chi connectivity index (χ4v) is 4.94. The van der Waals surface area contributed by atoms with E-state index in [9.17, 15) is 18.0 Å². The second kappa shape index (κ2) is 8.56. The fourth-order valence-electron chi connectivity index (χ4n) is 3.49. The number of amides is 2. The molecule has 0 saturated carbocycles. The average Bonchev–Trinajstić information content (AvgIpc) is 2.77. The minimum atomic E-state index is -3.76. The van der Waals surface area contributed by atoms with E-state index in [0.29, 0.717) is 17.2 Å². The van der Waals surface area contributed by atoms with Gasteiger partial charge in [0.25, 0.3) is 11.8 Å². The van der Waals surface area contributed by atoms with Crippen LogP contribution in [0, 0.1) is 6.92 Å². The molecule has 2 aromatic rings. The fraction of sp³-hybridized carbons (Fsp3) is 0.333. The van der Waals surface area contributed by atoms with Crippen LogP contribution < -0.4 is 14.8 Å². The molecule has 0 radical (unpaired) electrons. The molecule has 2 heterocycles. The van der Waals surface area contributed by atoms with E-state index in [4.69, 9.17) is 9.47 Å². The molecule has 10 heteroatoms. The van der Waals surface area contributed by atoms with Crippen molar-refractivity contribution in [2.45, 2.75) is 11.8 Å². The number of nitrogens with one attached hydrogen (secondary N) is 1. The Hall–Kier alpha value is -3.11. The Labute approximate surface area is 180 Å². The van der Waals surface area contributed by atoms with Gasteiger partial charge in [0.2, 0.25) is 10.0 Å². The van der Waals surface area contributed by atoms with Gasteiger partial charge in [0.15, 0.2) is 13.2 Å². The lowest BCUT2D eigenvalue weighted by Crippen LogP contribution is -2.51. The third kappa shape index (κ3) is 4.64. The number of rotatable bonds is 5. The van der Waals surface area contributed by atoms with Gasteiger partial charge in [-0.3, -0.25) is 9.59 Å². The van der Waals surface area contributed by atoms with Crippen LogP contribution >= 0.6 is 0 Å². The number of ether oxygens (including phenoxy) is 2. The van der Waals surface area contributed by atoms with Crippen LogP contribution in [-0.4, -0.2) is 68.8 Å². The Kier molecular flexibility index (Phi) is 5.84. The smallest absolute Gasteiger partial charge is 0.262 e. The summed E-state index contributed by atoms with van der Waals surface area (Å²) in [6.07, 6.45) is 0. The van der Waals surface area contributed by atoms with Crippen molar-refractivity contribution in [1.82, 2.24) is 9.21 Å². The van der Waals surface area contributed by atoms with Crippen molar-refractivity contribution in [3.8, 4) is 11.5 Å². The van der Waals surface area contributed by atoms with Crippen molar-refractivity contribution in [3.63, 3.8) is 0 Å². The predicted molar refractivity (Wildman–Crippen MR) is 113 cm³/mol. The number of carbonyl (C=O) groups excluding carboxylic acids is 2. The van der Waals surface area contributed by atoms with Gasteiger partial charge < -0.3 is 19.7 Å². The van der Waals surface area contributed by atoms with Crippen LogP contribution in [0.3, 0.4) is 0 Å². The van der Waals surface area contributed by atoms with Gasteiger partial charge in [0.1, 0.15) is 11.5 Å². The van der Waals surface area contributed by atoms with Gasteiger partial charge in [-0.25, -0.2) is 8.42 Å². The number of piperazine rings is 1. The summed E-state index contributed by atoms with van der Waals surface area (Å²) >= 11 is 0. The highest BCUT2D eigenvalue weighted by Gasteiger charge is 2.31. The molecule has 2 aromatic carbocycles. The van der Waals surface area contributed by atoms with E-state index in [1.165, 1.54) is 22.5 Å². The first kappa shape index (κ1) is 21.1. The summed E-state index contributed by atoms with van der Waals surface area (Å²) in [6.45, 7) is 2.66. The summed E-state index contributed by atoms with van der Waals surface area (Å²) in [7, 11) is -3.76. The summed E-state index contributed by atoms with van der Waals surface area (Å²) in [5.41, 5.74) is 1.37. The zero-order chi connectivity index (χ0) is 22.0. The second-order valence-corrected chi connectivity index (χ2v) is 9.32. The molecule has 0 atom stereocenters. The number of sulfonamides is 1. The average molecular weight is 445 g/mol. The minimum Gasteiger partial charge on any atom is -0.484 e. The van der Waals surface area contributed by atoms with E-state index in [1.807, 2.05) is 25.1 Å². The Morgan fingerprint density at radius 1 is 1.13 bits per heavy atom. The second-order valence-electron chi connectivity index (χ2n) is 7.38. The van der Waals surface area contributed by atoms with Crippen molar-refractivity contribution in [2.24, 2.45) is 0 Å². The van der Waals surface area contributed by atoms with E-state index in [-0.39, 0.29) is 56.1 Å². The molecule has 1 N–H and O–H groups in total. The maximum absolute atomic E-state index is 13.0. The number of benzene rings is 2. The molecule has 1 fully saturated rings. The molecule has 0 spiro atoms. The molecule has 164 valence electrons. The number of nitrogens with zero attached hydrogens (tertiary/aromatic N) is 2. The van der Waals surface area contributed by atoms with E-state index in [1.54, 1.807) is 11.0 Å². The van der Waals surface area contributed by atoms with Crippen molar-refractivity contribution in [2.75, 3.05) is 44.7 Å². The monoisotopic (exact) mass is 445 g/mol. The zero-order valence-corrected chi connectivity index (χ0v) is 17.9. The normalized spacial score (nSPS) is 16.8. The van der Waals surface area contributed by atoms with Crippen molar-refractivity contribution in [3.05, 3.63) is 48.0 Å². The molecule has 4 rings (SSSR count). The lowest BCUT2D eigenvalue weighted by molar-refractivity contribution is -0.134. The zero-order valence-electron chi connectivity index (χ0n) is 17.0. The molecule has 0 aliphatic carbocycles. The summed E-state index contributed by atoms with van der Waals surface area (Å²) in [4.78, 5) is 25.6. The molecule has 31 heavy (non-hydrogen) atoms. The van der Waals surface area contributed by atoms with E-state index >= 15 is 0 Å². The van der Waals surface area contributed by atoms with Gasteiger partial charge >= 0.3 is 0 Å². The van der Waals surface area contributed by atoms with E-state index < -0.39 is 10.0 Å². The topological polar surface area (TPSA) is 105 Å². The van der Waals surface area contributed by atoms with Crippen LogP contribution in [0.2, 0.25) is 0 Å². The molecule has 1 saturated heterocycles. The van der Waals surface area contributed by atoms with Crippen LogP contribution in [0.25, 0.3) is 0 Å². The van der Waals surface area contributed by atoms with Gasteiger partial charge in [-0.2, -0.15) is 4.31 Å². The van der Waals surface area contributed by atoms with Crippen molar-refractivity contribution >= 4 is 27.5 Å². The first-order valence-electron chi connectivity index (χ1n) is 9.87. The van der Waals surface area contributed by atoms with E-state index in [0.717, 1.165) is 5.56 Å². The molecule has 2 aliphatic heterocycles. The molecule has 0 unspecified atom stereocenters. The standard InChI is InChI=1S/C21H23N3O6S/c1-15-3-2-4-16(11-15)29-14-21(26)23-7-9-24(10-8-23)31(27,28)17-5-6-19-18(12-17)22-20(25)13-30-19/h2-6,11-12H,7-10,13-14H2,1H3,(H,22,25). The van der Waals surface area contributed by atoms with Gasteiger partial charge in [-0.1, -0.05) is 12.1 Å². The Balaban J connectivity index is 1.36. The number of hydrogen-bond acceptors (Lipinski definition) is 6. The highest BCUT2D eigenvalue weighted by molar-refractivity contribution is 7.89. The molecule has 0 bridgehead atoms.